The van der Waals surface area contributed by atoms with Crippen molar-refractivity contribution in [3.8, 4) is 11.5 Å². The number of aromatic nitrogens is 1. The van der Waals surface area contributed by atoms with E-state index in [2.05, 4.69) is 4.98 Å². The maximum Gasteiger partial charge on any atom is 0.290 e. The van der Waals surface area contributed by atoms with Crippen molar-refractivity contribution in [3.05, 3.63) is 102 Å². The van der Waals surface area contributed by atoms with Crippen LogP contribution in [0.15, 0.2) is 90.5 Å². The molecule has 1 amide bonds. The quantitative estimate of drug-likeness (QED) is 0.604. The van der Waals surface area contributed by atoms with Crippen molar-refractivity contribution in [3.63, 3.8) is 0 Å². The summed E-state index contributed by atoms with van der Waals surface area (Å²) in [6.45, 7) is 1.93. The summed E-state index contributed by atoms with van der Waals surface area (Å²) in [4.78, 5) is 31.2. The number of carbonyl (C=O) groups is 2. The average molecular weight is 414 g/mol. The molecule has 6 nitrogen and oxygen atoms in total. The zero-order valence-corrected chi connectivity index (χ0v) is 17.1. The first-order valence-electron chi connectivity index (χ1n) is 10.1. The number of benzene rings is 2. The van der Waals surface area contributed by atoms with Crippen molar-refractivity contribution >= 4 is 11.7 Å². The lowest BCUT2D eigenvalue weighted by Crippen LogP contribution is -2.30. The molecule has 0 saturated heterocycles. The molecule has 1 aliphatic heterocycles. The van der Waals surface area contributed by atoms with Crippen LogP contribution in [-0.2, 0) is 16.1 Å². The van der Waals surface area contributed by atoms with Gasteiger partial charge in [-0.2, -0.15) is 0 Å². The first-order valence-corrected chi connectivity index (χ1v) is 10.1. The molecule has 1 aliphatic rings. The Bertz CT molecular complexity index is 1130. The largest absolute Gasteiger partial charge is 0.503 e. The van der Waals surface area contributed by atoms with Crippen LogP contribution < -0.4 is 4.74 Å². The fourth-order valence-electron chi connectivity index (χ4n) is 3.70. The number of ether oxygens (including phenoxy) is 1. The molecule has 1 unspecified atom stereocenters. The molecule has 6 heteroatoms. The number of ketones is 1. The lowest BCUT2D eigenvalue weighted by atomic mass is 9.94. The fraction of sp³-hybridized carbons (Fsp3) is 0.160. The van der Waals surface area contributed by atoms with Crippen molar-refractivity contribution < 1.29 is 19.4 Å². The first kappa shape index (κ1) is 20.3. The van der Waals surface area contributed by atoms with Crippen LogP contribution in [0.5, 0.6) is 11.5 Å². The highest BCUT2D eigenvalue weighted by atomic mass is 16.5. The van der Waals surface area contributed by atoms with Crippen molar-refractivity contribution in [1.29, 1.82) is 0 Å². The van der Waals surface area contributed by atoms with Crippen LogP contribution in [-0.4, -0.2) is 26.7 Å². The van der Waals surface area contributed by atoms with Gasteiger partial charge in [0.2, 0.25) is 0 Å². The van der Waals surface area contributed by atoms with Gasteiger partial charge in [0.1, 0.15) is 11.5 Å². The van der Waals surface area contributed by atoms with E-state index in [1.54, 1.807) is 31.5 Å². The molecule has 1 aromatic heterocycles. The molecular weight excluding hydrogens is 392 g/mol. The zero-order chi connectivity index (χ0) is 21.8. The van der Waals surface area contributed by atoms with Gasteiger partial charge in [0.15, 0.2) is 11.5 Å². The van der Waals surface area contributed by atoms with Gasteiger partial charge in [-0.05, 0) is 41.5 Å². The number of pyridine rings is 1. The minimum Gasteiger partial charge on any atom is -0.503 e. The third kappa shape index (κ3) is 4.19. The summed E-state index contributed by atoms with van der Waals surface area (Å²) in [6, 6.07) is 19.5. The minimum absolute atomic E-state index is 0.119. The Hall–Kier alpha value is -3.93. The van der Waals surface area contributed by atoms with E-state index in [0.29, 0.717) is 17.1 Å². The van der Waals surface area contributed by atoms with Crippen molar-refractivity contribution in [2.75, 3.05) is 0 Å². The third-order valence-corrected chi connectivity index (χ3v) is 5.15. The van der Waals surface area contributed by atoms with Crippen LogP contribution in [0.4, 0.5) is 0 Å². The van der Waals surface area contributed by atoms with Crippen LogP contribution in [0, 0.1) is 0 Å². The van der Waals surface area contributed by atoms with Gasteiger partial charge in [-0.25, -0.2) is 0 Å². The number of rotatable bonds is 7. The second kappa shape index (κ2) is 8.83. The molecule has 0 radical (unpaired) electrons. The monoisotopic (exact) mass is 414 g/mol. The number of carbonyl (C=O) groups excluding carboxylic acids is 2. The predicted molar refractivity (Wildman–Crippen MR) is 115 cm³/mol. The van der Waals surface area contributed by atoms with Crippen LogP contribution >= 0.6 is 0 Å². The molecule has 4 rings (SSSR count). The molecule has 156 valence electrons. The van der Waals surface area contributed by atoms with E-state index in [9.17, 15) is 14.7 Å². The molecule has 0 bridgehead atoms. The Morgan fingerprint density at radius 3 is 2.55 bits per heavy atom. The molecule has 0 fully saturated rings. The molecule has 1 atom stereocenters. The van der Waals surface area contributed by atoms with Crippen molar-refractivity contribution in [2.24, 2.45) is 0 Å². The number of aliphatic hydroxyl groups excluding tert-OH is 1. The van der Waals surface area contributed by atoms with Gasteiger partial charge in [-0.15, -0.1) is 0 Å². The molecule has 2 heterocycles. The number of Topliss-reactive ketones (excluding diaryl/α,β-unsaturated/α-hetero) is 1. The maximum atomic E-state index is 12.9. The number of aliphatic hydroxyl groups is 1. The van der Waals surface area contributed by atoms with Gasteiger partial charge in [-0.3, -0.25) is 14.6 Å². The highest BCUT2D eigenvalue weighted by Crippen LogP contribution is 2.40. The Balaban J connectivity index is 1.73. The summed E-state index contributed by atoms with van der Waals surface area (Å²) in [6.07, 6.45) is 3.50. The molecule has 0 aliphatic carbocycles. The van der Waals surface area contributed by atoms with Crippen LogP contribution in [0.1, 0.15) is 30.5 Å². The topological polar surface area (TPSA) is 79.7 Å². The van der Waals surface area contributed by atoms with Crippen LogP contribution in [0.25, 0.3) is 0 Å². The summed E-state index contributed by atoms with van der Waals surface area (Å²) >= 11 is 0. The number of hydrogen-bond donors (Lipinski definition) is 1. The Morgan fingerprint density at radius 2 is 1.84 bits per heavy atom. The number of para-hydroxylation sites is 1. The minimum atomic E-state index is -0.709. The zero-order valence-electron chi connectivity index (χ0n) is 17.1. The molecule has 2 aromatic carbocycles. The van der Waals surface area contributed by atoms with Gasteiger partial charge in [0.25, 0.3) is 5.91 Å². The third-order valence-electron chi connectivity index (χ3n) is 5.15. The van der Waals surface area contributed by atoms with E-state index < -0.39 is 17.7 Å². The Labute approximate surface area is 180 Å². The fourth-order valence-corrected chi connectivity index (χ4v) is 3.70. The van der Waals surface area contributed by atoms with Gasteiger partial charge in [-0.1, -0.05) is 43.3 Å². The first-order chi connectivity index (χ1) is 15.1. The van der Waals surface area contributed by atoms with E-state index >= 15 is 0 Å². The van der Waals surface area contributed by atoms with Crippen molar-refractivity contribution in [2.45, 2.75) is 25.9 Å². The second-order valence-corrected chi connectivity index (χ2v) is 7.22. The molecule has 0 spiro atoms. The molecule has 1 N–H and O–H groups in total. The second-order valence-electron chi connectivity index (χ2n) is 7.22. The normalized spacial score (nSPS) is 16.0. The summed E-state index contributed by atoms with van der Waals surface area (Å²) in [5.41, 5.74) is 1.61. The highest BCUT2D eigenvalue weighted by Gasteiger charge is 2.43. The maximum absolute atomic E-state index is 12.9. The molecule has 0 saturated carbocycles. The van der Waals surface area contributed by atoms with Gasteiger partial charge in [0.05, 0.1) is 11.6 Å². The van der Waals surface area contributed by atoms with E-state index in [0.717, 1.165) is 5.56 Å². The SMILES string of the molecule is CCC(=O)C1=C(O)C(=O)N(Cc2cccnc2)C1c1cccc(Oc2ccccc2)c1. The van der Waals surface area contributed by atoms with Gasteiger partial charge >= 0.3 is 0 Å². The van der Waals surface area contributed by atoms with E-state index in [4.69, 9.17) is 4.74 Å². The Kier molecular flexibility index (Phi) is 5.80. The lowest BCUT2D eigenvalue weighted by molar-refractivity contribution is -0.130. The standard InChI is InChI=1S/C25H22N2O4/c1-2-21(28)22-23(27(25(30)24(22)29)16-17-8-7-13-26-15-17)18-9-6-12-20(14-18)31-19-10-4-3-5-11-19/h3-15,23,29H,2,16H2,1H3. The summed E-state index contributed by atoms with van der Waals surface area (Å²) in [5.74, 6) is -0.0705. The molecular formula is C25H22N2O4. The lowest BCUT2D eigenvalue weighted by Gasteiger charge is -2.27. The average Bonchev–Trinajstić information content (AvgIpc) is 3.05. The molecule has 3 aromatic rings. The predicted octanol–water partition coefficient (Wildman–Crippen LogP) is 4.75. The van der Waals surface area contributed by atoms with E-state index in [1.807, 2.05) is 54.6 Å². The van der Waals surface area contributed by atoms with E-state index in [-0.39, 0.29) is 24.3 Å². The summed E-state index contributed by atoms with van der Waals surface area (Å²) in [5, 5.41) is 10.6. The van der Waals surface area contributed by atoms with Gasteiger partial charge < -0.3 is 14.7 Å². The van der Waals surface area contributed by atoms with E-state index in [1.165, 1.54) is 4.90 Å². The molecule has 31 heavy (non-hydrogen) atoms. The Morgan fingerprint density at radius 1 is 1.06 bits per heavy atom. The smallest absolute Gasteiger partial charge is 0.290 e. The number of hydrogen-bond acceptors (Lipinski definition) is 5. The number of nitrogens with zero attached hydrogens (tertiary/aromatic N) is 2. The number of amides is 1. The van der Waals surface area contributed by atoms with Crippen molar-refractivity contribution in [1.82, 2.24) is 9.88 Å². The summed E-state index contributed by atoms with van der Waals surface area (Å²) in [7, 11) is 0. The highest BCUT2D eigenvalue weighted by molar-refractivity contribution is 6.08. The van der Waals surface area contributed by atoms with Crippen LogP contribution in [0.2, 0.25) is 0 Å². The summed E-state index contributed by atoms with van der Waals surface area (Å²) < 4.78 is 5.93. The van der Waals surface area contributed by atoms with Gasteiger partial charge in [0, 0.05) is 25.4 Å². The van der Waals surface area contributed by atoms with Crippen LogP contribution in [0.3, 0.4) is 0 Å².